The lowest BCUT2D eigenvalue weighted by atomic mass is 9.97. The number of fused-ring (bicyclic) bond motifs is 1. The fourth-order valence-electron chi connectivity index (χ4n) is 2.24. The molecule has 1 nitrogen and oxygen atoms in total. The lowest BCUT2D eigenvalue weighted by Gasteiger charge is -2.09. The number of nitrogens with two attached hydrogens (primary N) is 1. The molecule has 0 aliphatic rings. The van der Waals surface area contributed by atoms with Crippen molar-refractivity contribution >= 4 is 16.5 Å². The number of hydrogen-bond donors (Lipinski definition) is 1. The Labute approximate surface area is 105 Å². The molecule has 2 heteroatoms. The normalized spacial score (nSPS) is 10.7. The molecule has 0 saturated carbocycles. The minimum atomic E-state index is -0.228. The minimum absolute atomic E-state index is 0.228. The molecule has 0 aliphatic heterocycles. The third-order valence-corrected chi connectivity index (χ3v) is 3.05. The lowest BCUT2D eigenvalue weighted by Crippen LogP contribution is -1.90. The van der Waals surface area contributed by atoms with Crippen LogP contribution >= 0.6 is 0 Å². The van der Waals surface area contributed by atoms with E-state index in [1.165, 1.54) is 6.07 Å². The van der Waals surface area contributed by atoms with Gasteiger partial charge in [0, 0.05) is 11.3 Å². The molecule has 3 aromatic rings. The van der Waals surface area contributed by atoms with Crippen molar-refractivity contribution in [2.45, 2.75) is 0 Å². The van der Waals surface area contributed by atoms with E-state index in [9.17, 15) is 4.39 Å². The summed E-state index contributed by atoms with van der Waals surface area (Å²) >= 11 is 0. The molecule has 0 heterocycles. The molecule has 0 aliphatic carbocycles. The Morgan fingerprint density at radius 2 is 1.50 bits per heavy atom. The third-order valence-electron chi connectivity index (χ3n) is 3.05. The summed E-state index contributed by atoms with van der Waals surface area (Å²) in [6.07, 6.45) is 0. The summed E-state index contributed by atoms with van der Waals surface area (Å²) in [7, 11) is 0. The summed E-state index contributed by atoms with van der Waals surface area (Å²) in [5, 5.41) is 2.03. The molecular weight excluding hydrogens is 225 g/mol. The van der Waals surface area contributed by atoms with Gasteiger partial charge in [-0.3, -0.25) is 0 Å². The Kier molecular flexibility index (Phi) is 2.49. The van der Waals surface area contributed by atoms with Gasteiger partial charge in [-0.2, -0.15) is 0 Å². The second-order valence-corrected chi connectivity index (χ2v) is 4.27. The molecule has 18 heavy (non-hydrogen) atoms. The lowest BCUT2D eigenvalue weighted by molar-refractivity contribution is 0.631. The van der Waals surface area contributed by atoms with Gasteiger partial charge >= 0.3 is 0 Å². The van der Waals surface area contributed by atoms with Crippen LogP contribution in [0.2, 0.25) is 0 Å². The van der Waals surface area contributed by atoms with Crippen molar-refractivity contribution < 1.29 is 4.39 Å². The summed E-state index contributed by atoms with van der Waals surface area (Å²) in [5.41, 5.74) is 7.96. The summed E-state index contributed by atoms with van der Waals surface area (Å²) in [6, 6.07) is 18.3. The molecule has 3 aromatic carbocycles. The van der Waals surface area contributed by atoms with Crippen molar-refractivity contribution in [3.63, 3.8) is 0 Å². The van der Waals surface area contributed by atoms with Crippen LogP contribution in [0.3, 0.4) is 0 Å². The van der Waals surface area contributed by atoms with Gasteiger partial charge in [-0.05, 0) is 34.5 Å². The fourth-order valence-corrected chi connectivity index (χ4v) is 2.24. The first kappa shape index (κ1) is 10.8. The quantitative estimate of drug-likeness (QED) is 0.630. The van der Waals surface area contributed by atoms with Crippen molar-refractivity contribution in [2.24, 2.45) is 0 Å². The van der Waals surface area contributed by atoms with Gasteiger partial charge in [-0.15, -0.1) is 0 Å². The van der Waals surface area contributed by atoms with Crippen molar-refractivity contribution in [2.75, 3.05) is 5.73 Å². The number of halogens is 1. The zero-order valence-electron chi connectivity index (χ0n) is 9.73. The van der Waals surface area contributed by atoms with E-state index >= 15 is 0 Å². The Morgan fingerprint density at radius 1 is 0.778 bits per heavy atom. The Bertz CT molecular complexity index is 719. The highest BCUT2D eigenvalue weighted by Gasteiger charge is 2.08. The highest BCUT2D eigenvalue weighted by atomic mass is 19.1. The van der Waals surface area contributed by atoms with Crippen LogP contribution in [-0.2, 0) is 0 Å². The van der Waals surface area contributed by atoms with E-state index in [0.717, 1.165) is 16.3 Å². The molecule has 0 radical (unpaired) electrons. The molecule has 0 amide bonds. The molecule has 0 unspecified atom stereocenters. The van der Waals surface area contributed by atoms with Crippen LogP contribution in [0.1, 0.15) is 0 Å². The summed E-state index contributed by atoms with van der Waals surface area (Å²) < 4.78 is 13.9. The van der Waals surface area contributed by atoms with Gasteiger partial charge in [0.1, 0.15) is 5.82 Å². The van der Waals surface area contributed by atoms with Gasteiger partial charge in [0.25, 0.3) is 0 Å². The molecule has 0 bridgehead atoms. The molecule has 0 saturated heterocycles. The van der Waals surface area contributed by atoms with E-state index in [4.69, 9.17) is 5.73 Å². The van der Waals surface area contributed by atoms with Crippen LogP contribution in [0.15, 0.2) is 60.7 Å². The van der Waals surface area contributed by atoms with Crippen LogP contribution in [-0.4, -0.2) is 0 Å². The van der Waals surface area contributed by atoms with Gasteiger partial charge in [-0.25, -0.2) is 4.39 Å². The second-order valence-electron chi connectivity index (χ2n) is 4.27. The van der Waals surface area contributed by atoms with Gasteiger partial charge < -0.3 is 5.73 Å². The first-order valence-electron chi connectivity index (χ1n) is 5.79. The Balaban J connectivity index is 2.39. The van der Waals surface area contributed by atoms with Crippen LogP contribution in [0.25, 0.3) is 21.9 Å². The summed E-state index contributed by atoms with van der Waals surface area (Å²) in [6.45, 7) is 0. The molecular formula is C16H12FN. The SMILES string of the molecule is Nc1cc(-c2ccccc2F)c2ccccc2c1. The molecule has 0 fully saturated rings. The highest BCUT2D eigenvalue weighted by molar-refractivity contribution is 5.99. The molecule has 0 atom stereocenters. The molecule has 0 spiro atoms. The first-order valence-corrected chi connectivity index (χ1v) is 5.79. The van der Waals surface area contributed by atoms with Crippen LogP contribution in [0.5, 0.6) is 0 Å². The average molecular weight is 237 g/mol. The number of benzene rings is 3. The minimum Gasteiger partial charge on any atom is -0.399 e. The average Bonchev–Trinajstić information content (AvgIpc) is 2.38. The summed E-state index contributed by atoms with van der Waals surface area (Å²) in [4.78, 5) is 0. The van der Waals surface area contributed by atoms with Gasteiger partial charge in [0.2, 0.25) is 0 Å². The zero-order valence-corrected chi connectivity index (χ0v) is 9.73. The third kappa shape index (κ3) is 1.72. The maximum absolute atomic E-state index is 13.9. The van der Waals surface area contributed by atoms with Crippen molar-refractivity contribution in [3.05, 3.63) is 66.5 Å². The van der Waals surface area contributed by atoms with E-state index in [1.807, 2.05) is 42.5 Å². The van der Waals surface area contributed by atoms with Crippen molar-refractivity contribution in [1.29, 1.82) is 0 Å². The largest absolute Gasteiger partial charge is 0.399 e. The van der Waals surface area contributed by atoms with E-state index in [2.05, 4.69) is 0 Å². The Morgan fingerprint density at radius 3 is 2.33 bits per heavy atom. The number of rotatable bonds is 1. The van der Waals surface area contributed by atoms with Gasteiger partial charge in [-0.1, -0.05) is 42.5 Å². The molecule has 3 rings (SSSR count). The zero-order chi connectivity index (χ0) is 12.5. The van der Waals surface area contributed by atoms with E-state index in [0.29, 0.717) is 11.3 Å². The van der Waals surface area contributed by atoms with E-state index in [-0.39, 0.29) is 5.82 Å². The first-order chi connectivity index (χ1) is 8.75. The number of hydrogen-bond acceptors (Lipinski definition) is 1. The standard InChI is InChI=1S/C16H12FN/c17-16-8-4-3-7-14(16)15-10-12(18)9-11-5-1-2-6-13(11)15/h1-10H,18H2. The predicted octanol–water partition coefficient (Wildman–Crippen LogP) is 4.23. The van der Waals surface area contributed by atoms with Crippen molar-refractivity contribution in [1.82, 2.24) is 0 Å². The monoisotopic (exact) mass is 237 g/mol. The predicted molar refractivity (Wildman–Crippen MR) is 73.8 cm³/mol. The van der Waals surface area contributed by atoms with Gasteiger partial charge in [0.05, 0.1) is 0 Å². The van der Waals surface area contributed by atoms with Crippen LogP contribution < -0.4 is 5.73 Å². The van der Waals surface area contributed by atoms with E-state index < -0.39 is 0 Å². The molecule has 0 aromatic heterocycles. The highest BCUT2D eigenvalue weighted by Crippen LogP contribution is 2.32. The summed E-state index contributed by atoms with van der Waals surface area (Å²) in [5.74, 6) is -0.228. The maximum Gasteiger partial charge on any atom is 0.131 e. The Hall–Kier alpha value is -2.35. The maximum atomic E-state index is 13.9. The van der Waals surface area contributed by atoms with Crippen LogP contribution in [0.4, 0.5) is 10.1 Å². The smallest absolute Gasteiger partial charge is 0.131 e. The number of nitrogen functional groups attached to an aromatic ring is 1. The molecule has 2 N–H and O–H groups in total. The molecule has 88 valence electrons. The van der Waals surface area contributed by atoms with Crippen molar-refractivity contribution in [3.8, 4) is 11.1 Å². The second kappa shape index (κ2) is 4.15. The van der Waals surface area contributed by atoms with Crippen LogP contribution in [0, 0.1) is 5.82 Å². The topological polar surface area (TPSA) is 26.0 Å². The number of anilines is 1. The van der Waals surface area contributed by atoms with Gasteiger partial charge in [0.15, 0.2) is 0 Å². The van der Waals surface area contributed by atoms with E-state index in [1.54, 1.807) is 12.1 Å². The fraction of sp³-hybridized carbons (Fsp3) is 0.